The lowest BCUT2D eigenvalue weighted by Gasteiger charge is -2.06. The Balaban J connectivity index is 0.00000288. The predicted molar refractivity (Wildman–Crippen MR) is 101 cm³/mol. The van der Waals surface area contributed by atoms with Crippen LogP contribution in [0.25, 0.3) is 0 Å². The maximum atomic E-state index is 10.9. The number of nitrogens with zero attached hydrogens (tertiary/aromatic N) is 2. The Morgan fingerprint density at radius 3 is 2.54 bits per heavy atom. The van der Waals surface area contributed by atoms with Crippen LogP contribution in [0.15, 0.2) is 47.5 Å². The van der Waals surface area contributed by atoms with Crippen LogP contribution < -0.4 is 10.5 Å². The van der Waals surface area contributed by atoms with Crippen LogP contribution in [0.4, 0.5) is 11.4 Å². The minimum atomic E-state index is -0.377. The van der Waals surface area contributed by atoms with Crippen LogP contribution in [0.5, 0.6) is 5.75 Å². The Hall–Kier alpha value is -2.25. The van der Waals surface area contributed by atoms with Gasteiger partial charge in [0.05, 0.1) is 17.7 Å². The Morgan fingerprint density at radius 1 is 1.29 bits per heavy atom. The summed E-state index contributed by atoms with van der Waals surface area (Å²) >= 11 is 1.34. The number of rotatable bonds is 5. The number of nitro benzene ring substituents is 1. The lowest BCUT2D eigenvalue weighted by molar-refractivity contribution is -0.385. The van der Waals surface area contributed by atoms with E-state index in [4.69, 9.17) is 10.5 Å². The molecule has 6 nitrogen and oxygen atoms in total. The third-order valence-electron chi connectivity index (χ3n) is 3.30. The van der Waals surface area contributed by atoms with Crippen LogP contribution in [0.2, 0.25) is 0 Å². The first-order chi connectivity index (χ1) is 11.0. The summed E-state index contributed by atoms with van der Waals surface area (Å²) < 4.78 is 5.08. The van der Waals surface area contributed by atoms with E-state index in [0.29, 0.717) is 16.5 Å². The summed E-state index contributed by atoms with van der Waals surface area (Å²) in [7, 11) is 1.60. The van der Waals surface area contributed by atoms with E-state index in [1.165, 1.54) is 17.8 Å². The zero-order chi connectivity index (χ0) is 16.8. The molecule has 0 aliphatic carbocycles. The van der Waals surface area contributed by atoms with Crippen molar-refractivity contribution in [3.63, 3.8) is 0 Å². The molecule has 0 heterocycles. The number of aliphatic imine (C=N–C) groups is 1. The van der Waals surface area contributed by atoms with Crippen LogP contribution in [-0.2, 0) is 5.75 Å². The second kappa shape index (κ2) is 9.14. The number of methoxy groups -OCH3 is 1. The van der Waals surface area contributed by atoms with Crippen LogP contribution >= 0.6 is 24.2 Å². The molecule has 128 valence electrons. The topological polar surface area (TPSA) is 90.8 Å². The van der Waals surface area contributed by atoms with E-state index in [1.54, 1.807) is 20.1 Å². The molecule has 0 radical (unpaired) electrons. The van der Waals surface area contributed by atoms with Gasteiger partial charge in [-0.3, -0.25) is 10.1 Å². The molecule has 0 unspecified atom stereocenters. The molecule has 0 saturated heterocycles. The maximum absolute atomic E-state index is 10.9. The maximum Gasteiger partial charge on any atom is 0.272 e. The fourth-order valence-corrected chi connectivity index (χ4v) is 2.78. The van der Waals surface area contributed by atoms with Gasteiger partial charge >= 0.3 is 0 Å². The van der Waals surface area contributed by atoms with Gasteiger partial charge in [0.1, 0.15) is 5.75 Å². The second-order valence-electron chi connectivity index (χ2n) is 4.76. The number of hydrogen-bond acceptors (Lipinski definition) is 5. The lowest BCUT2D eigenvalue weighted by Crippen LogP contribution is -2.06. The third kappa shape index (κ3) is 5.14. The number of nitrogens with two attached hydrogens (primary N) is 1. The largest absolute Gasteiger partial charge is 0.497 e. The molecule has 2 rings (SSSR count). The molecule has 0 spiro atoms. The van der Waals surface area contributed by atoms with Gasteiger partial charge in [-0.25, -0.2) is 4.99 Å². The molecular weight excluding hydrogens is 350 g/mol. The normalized spacial score (nSPS) is 10.8. The molecule has 2 aromatic carbocycles. The number of ether oxygens (including phenoxy) is 1. The van der Waals surface area contributed by atoms with Gasteiger partial charge < -0.3 is 10.5 Å². The standard InChI is InChI=1S/C16H17N3O3S.ClH/c1-11-12(4-3-5-15(11)19(20)21)10-23-16(17)18-13-6-8-14(22-2)9-7-13;/h3-9H,10H2,1-2H3,(H2,17,18);1H. The highest BCUT2D eigenvalue weighted by Gasteiger charge is 2.13. The first-order valence-electron chi connectivity index (χ1n) is 6.85. The summed E-state index contributed by atoms with van der Waals surface area (Å²) in [6, 6.07) is 12.3. The number of halogens is 1. The molecule has 24 heavy (non-hydrogen) atoms. The zero-order valence-electron chi connectivity index (χ0n) is 13.3. The molecule has 0 aliphatic heterocycles. The van der Waals surface area contributed by atoms with Crippen molar-refractivity contribution in [3.8, 4) is 5.75 Å². The van der Waals surface area contributed by atoms with Crippen LogP contribution in [0.3, 0.4) is 0 Å². The minimum Gasteiger partial charge on any atom is -0.497 e. The molecule has 0 saturated carbocycles. The zero-order valence-corrected chi connectivity index (χ0v) is 14.9. The van der Waals surface area contributed by atoms with Crippen LogP contribution in [0, 0.1) is 17.0 Å². The quantitative estimate of drug-likeness (QED) is 0.370. The van der Waals surface area contributed by atoms with Crippen molar-refractivity contribution < 1.29 is 9.66 Å². The Labute approximate surface area is 150 Å². The first kappa shape index (κ1) is 19.8. The molecule has 2 aromatic rings. The smallest absolute Gasteiger partial charge is 0.272 e. The molecule has 0 bridgehead atoms. The fraction of sp³-hybridized carbons (Fsp3) is 0.188. The number of nitro groups is 1. The van der Waals surface area contributed by atoms with E-state index >= 15 is 0 Å². The second-order valence-corrected chi connectivity index (χ2v) is 5.75. The molecule has 0 atom stereocenters. The monoisotopic (exact) mass is 367 g/mol. The highest BCUT2D eigenvalue weighted by atomic mass is 35.5. The number of thioether (sulfide) groups is 1. The molecule has 2 N–H and O–H groups in total. The summed E-state index contributed by atoms with van der Waals surface area (Å²) in [5.74, 6) is 1.28. The van der Waals surface area contributed by atoms with Crippen molar-refractivity contribution in [2.24, 2.45) is 10.7 Å². The third-order valence-corrected chi connectivity index (χ3v) is 4.14. The Morgan fingerprint density at radius 2 is 1.96 bits per heavy atom. The van der Waals surface area contributed by atoms with Crippen molar-refractivity contribution in [3.05, 3.63) is 63.7 Å². The van der Waals surface area contributed by atoms with Gasteiger partial charge in [0, 0.05) is 17.4 Å². The highest BCUT2D eigenvalue weighted by molar-refractivity contribution is 8.13. The SMILES string of the molecule is COc1ccc(N=C(N)SCc2cccc([N+](=O)[O-])c2C)cc1.Cl. The fourth-order valence-electron chi connectivity index (χ4n) is 1.99. The molecule has 0 fully saturated rings. The van der Waals surface area contributed by atoms with Gasteiger partial charge in [0.25, 0.3) is 5.69 Å². The summed E-state index contributed by atoms with van der Waals surface area (Å²) in [6.45, 7) is 1.74. The highest BCUT2D eigenvalue weighted by Crippen LogP contribution is 2.25. The average molecular weight is 368 g/mol. The summed E-state index contributed by atoms with van der Waals surface area (Å²) in [6.07, 6.45) is 0. The van der Waals surface area contributed by atoms with Crippen molar-refractivity contribution in [2.75, 3.05) is 7.11 Å². The molecule has 0 aliphatic rings. The number of hydrogen-bond donors (Lipinski definition) is 1. The van der Waals surface area contributed by atoms with E-state index in [9.17, 15) is 10.1 Å². The van der Waals surface area contributed by atoms with Gasteiger partial charge in [0.15, 0.2) is 5.17 Å². The molecular formula is C16H18ClN3O3S. The van der Waals surface area contributed by atoms with Gasteiger partial charge in [-0.2, -0.15) is 0 Å². The summed E-state index contributed by atoms with van der Waals surface area (Å²) in [5, 5.41) is 11.3. The van der Waals surface area contributed by atoms with Gasteiger partial charge in [0.2, 0.25) is 0 Å². The summed E-state index contributed by atoms with van der Waals surface area (Å²) in [5.41, 5.74) is 8.29. The van der Waals surface area contributed by atoms with Gasteiger partial charge in [-0.05, 0) is 36.8 Å². The van der Waals surface area contributed by atoms with Crippen molar-refractivity contribution >= 4 is 40.7 Å². The van der Waals surface area contributed by atoms with E-state index in [1.807, 2.05) is 30.3 Å². The number of benzene rings is 2. The summed E-state index contributed by atoms with van der Waals surface area (Å²) in [4.78, 5) is 14.9. The van der Waals surface area contributed by atoms with Crippen molar-refractivity contribution in [1.82, 2.24) is 0 Å². The Kier molecular flexibility index (Phi) is 7.54. The van der Waals surface area contributed by atoms with Gasteiger partial charge in [-0.15, -0.1) is 12.4 Å². The number of amidine groups is 1. The van der Waals surface area contributed by atoms with Crippen LogP contribution in [-0.4, -0.2) is 17.2 Å². The lowest BCUT2D eigenvalue weighted by atomic mass is 10.1. The predicted octanol–water partition coefficient (Wildman–Crippen LogP) is 4.21. The van der Waals surface area contributed by atoms with E-state index in [0.717, 1.165) is 17.0 Å². The van der Waals surface area contributed by atoms with Crippen molar-refractivity contribution in [2.45, 2.75) is 12.7 Å². The average Bonchev–Trinajstić information content (AvgIpc) is 2.54. The molecule has 0 aromatic heterocycles. The van der Waals surface area contributed by atoms with E-state index < -0.39 is 0 Å². The minimum absolute atomic E-state index is 0. The Bertz CT molecular complexity index is 736. The van der Waals surface area contributed by atoms with Crippen LogP contribution in [0.1, 0.15) is 11.1 Å². The van der Waals surface area contributed by atoms with Crippen molar-refractivity contribution in [1.29, 1.82) is 0 Å². The molecule has 0 amide bonds. The first-order valence-corrected chi connectivity index (χ1v) is 7.83. The van der Waals surface area contributed by atoms with E-state index in [-0.39, 0.29) is 23.0 Å². The molecule has 8 heteroatoms. The van der Waals surface area contributed by atoms with E-state index in [2.05, 4.69) is 4.99 Å². The van der Waals surface area contributed by atoms with Gasteiger partial charge in [-0.1, -0.05) is 23.9 Å².